The fraction of sp³-hybridized carbons (Fsp3) is 0.531. The Hall–Kier alpha value is -2.93. The lowest BCUT2D eigenvalue weighted by molar-refractivity contribution is 0.242. The molecule has 1 atom stereocenters. The van der Waals surface area contributed by atoms with E-state index in [1.54, 1.807) is 0 Å². The van der Waals surface area contributed by atoms with Crippen LogP contribution in [0.3, 0.4) is 0 Å². The highest BCUT2D eigenvalue weighted by Crippen LogP contribution is 2.46. The van der Waals surface area contributed by atoms with E-state index in [1.807, 2.05) is 6.21 Å². The average Bonchev–Trinajstić information content (AvgIpc) is 2.94. The van der Waals surface area contributed by atoms with Crippen LogP contribution >= 0.6 is 0 Å². The largest absolute Gasteiger partial charge is 0.355 e. The lowest BCUT2D eigenvalue weighted by atomic mass is 9.80. The topological polar surface area (TPSA) is 51.8 Å². The fourth-order valence-corrected chi connectivity index (χ4v) is 6.34. The molecular formula is C32H40N4. The average molecular weight is 481 g/mol. The Labute approximate surface area is 217 Å². The van der Waals surface area contributed by atoms with Crippen LogP contribution in [-0.4, -0.2) is 23.5 Å². The Morgan fingerprint density at radius 2 is 1.89 bits per heavy atom. The van der Waals surface area contributed by atoms with Crippen LogP contribution in [0.15, 0.2) is 34.3 Å². The van der Waals surface area contributed by atoms with Crippen LogP contribution in [0.2, 0.25) is 0 Å². The molecule has 0 spiro atoms. The van der Waals surface area contributed by atoms with Crippen molar-refractivity contribution in [3.8, 4) is 17.2 Å². The highest BCUT2D eigenvalue weighted by molar-refractivity contribution is 5.85. The molecule has 36 heavy (non-hydrogen) atoms. The van der Waals surface area contributed by atoms with Crippen molar-refractivity contribution >= 4 is 23.9 Å². The van der Waals surface area contributed by atoms with Gasteiger partial charge in [-0.15, -0.1) is 0 Å². The van der Waals surface area contributed by atoms with E-state index in [0.717, 1.165) is 54.7 Å². The van der Waals surface area contributed by atoms with Crippen molar-refractivity contribution in [2.75, 3.05) is 0 Å². The molecule has 2 heterocycles. The van der Waals surface area contributed by atoms with Crippen molar-refractivity contribution in [2.45, 2.75) is 109 Å². The molecule has 188 valence electrons. The Kier molecular flexibility index (Phi) is 7.85. The first kappa shape index (κ1) is 24.8. The van der Waals surface area contributed by atoms with E-state index < -0.39 is 0 Å². The van der Waals surface area contributed by atoms with Crippen molar-refractivity contribution in [1.82, 2.24) is 4.90 Å². The summed E-state index contributed by atoms with van der Waals surface area (Å²) in [6, 6.07) is 12.3. The van der Waals surface area contributed by atoms with E-state index in [-0.39, 0.29) is 0 Å². The quantitative estimate of drug-likeness (QED) is 0.355. The van der Waals surface area contributed by atoms with Crippen LogP contribution in [0.4, 0.5) is 11.4 Å². The Bertz CT molecular complexity index is 1180. The number of aliphatic imine (C=N–C) groups is 2. The van der Waals surface area contributed by atoms with Gasteiger partial charge in [-0.25, -0.2) is 4.99 Å². The van der Waals surface area contributed by atoms with Gasteiger partial charge in [-0.1, -0.05) is 64.5 Å². The summed E-state index contributed by atoms with van der Waals surface area (Å²) in [7, 11) is 0. The normalized spacial score (nSPS) is 19.1. The Morgan fingerprint density at radius 3 is 2.67 bits per heavy atom. The zero-order valence-corrected chi connectivity index (χ0v) is 22.1. The van der Waals surface area contributed by atoms with E-state index in [9.17, 15) is 5.26 Å². The van der Waals surface area contributed by atoms with Crippen molar-refractivity contribution in [3.05, 3.63) is 46.5 Å². The van der Waals surface area contributed by atoms with Gasteiger partial charge < -0.3 is 4.90 Å². The third-order valence-corrected chi connectivity index (χ3v) is 8.48. The highest BCUT2D eigenvalue weighted by atomic mass is 15.2. The Morgan fingerprint density at radius 1 is 1.03 bits per heavy atom. The second-order valence-electron chi connectivity index (χ2n) is 10.8. The number of hydrogen-bond acceptors (Lipinski definition) is 4. The molecule has 1 aliphatic carbocycles. The number of benzene rings is 2. The monoisotopic (exact) mass is 480 g/mol. The molecule has 0 amide bonds. The Balaban J connectivity index is 1.52. The number of unbranched alkanes of at least 4 members (excludes halogenated alkanes) is 3. The molecule has 3 aliphatic rings. The maximum atomic E-state index is 10.1. The predicted octanol–water partition coefficient (Wildman–Crippen LogP) is 8.76. The second-order valence-corrected chi connectivity index (χ2v) is 10.8. The van der Waals surface area contributed by atoms with Crippen LogP contribution in [0.1, 0.15) is 113 Å². The molecular weight excluding hydrogens is 440 g/mol. The summed E-state index contributed by atoms with van der Waals surface area (Å²) in [6.45, 7) is 5.45. The van der Waals surface area contributed by atoms with Crippen molar-refractivity contribution in [2.24, 2.45) is 9.98 Å². The molecule has 0 aromatic heterocycles. The lowest BCUT2D eigenvalue weighted by Gasteiger charge is -2.35. The summed E-state index contributed by atoms with van der Waals surface area (Å²) in [6.07, 6.45) is 18.5. The summed E-state index contributed by atoms with van der Waals surface area (Å²) in [5, 5.41) is 10.1. The lowest BCUT2D eigenvalue weighted by Crippen LogP contribution is -2.36. The van der Waals surface area contributed by atoms with Crippen LogP contribution in [0, 0.1) is 11.3 Å². The van der Waals surface area contributed by atoms with Crippen LogP contribution < -0.4 is 0 Å². The molecule has 0 bridgehead atoms. The summed E-state index contributed by atoms with van der Waals surface area (Å²) < 4.78 is 0. The number of nitrogens with zero attached hydrogens (tertiary/aromatic N) is 4. The molecule has 2 aromatic rings. The predicted molar refractivity (Wildman–Crippen MR) is 151 cm³/mol. The molecule has 0 saturated heterocycles. The molecule has 4 nitrogen and oxygen atoms in total. The number of rotatable bonds is 8. The first-order valence-corrected chi connectivity index (χ1v) is 14.3. The van der Waals surface area contributed by atoms with Crippen molar-refractivity contribution < 1.29 is 0 Å². The van der Waals surface area contributed by atoms with Gasteiger partial charge in [0.2, 0.25) is 0 Å². The minimum atomic E-state index is 0.398. The summed E-state index contributed by atoms with van der Waals surface area (Å²) >= 11 is 0. The van der Waals surface area contributed by atoms with Crippen molar-refractivity contribution in [1.29, 1.82) is 5.26 Å². The molecule has 0 radical (unpaired) electrons. The summed E-state index contributed by atoms with van der Waals surface area (Å²) in [4.78, 5) is 12.2. The van der Waals surface area contributed by atoms with Gasteiger partial charge in [0.1, 0.15) is 6.07 Å². The van der Waals surface area contributed by atoms with E-state index in [4.69, 9.17) is 9.98 Å². The minimum Gasteiger partial charge on any atom is -0.355 e. The van der Waals surface area contributed by atoms with E-state index in [1.165, 1.54) is 73.6 Å². The number of fused-ring (bicyclic) bond motifs is 2. The summed E-state index contributed by atoms with van der Waals surface area (Å²) in [5.41, 5.74) is 9.00. The molecule has 0 N–H and O–H groups in total. The van der Waals surface area contributed by atoms with E-state index >= 15 is 0 Å². The molecule has 4 heteroatoms. The molecule has 2 aromatic carbocycles. The third-order valence-electron chi connectivity index (χ3n) is 8.48. The number of nitriles is 1. The van der Waals surface area contributed by atoms with E-state index in [2.05, 4.69) is 55.4 Å². The molecule has 5 rings (SSSR count). The molecule has 1 saturated carbocycles. The number of aryl methyl sites for hydroxylation is 1. The third kappa shape index (κ3) is 4.99. The van der Waals surface area contributed by atoms with Gasteiger partial charge in [-0.05, 0) is 84.4 Å². The van der Waals surface area contributed by atoms with Crippen LogP contribution in [-0.2, 0) is 13.0 Å². The van der Waals surface area contributed by atoms with Gasteiger partial charge in [0.15, 0.2) is 0 Å². The maximum Gasteiger partial charge on any atom is 0.102 e. The van der Waals surface area contributed by atoms with Gasteiger partial charge in [-0.3, -0.25) is 4.99 Å². The molecule has 1 fully saturated rings. The first-order valence-electron chi connectivity index (χ1n) is 14.3. The second kappa shape index (κ2) is 11.4. The smallest absolute Gasteiger partial charge is 0.102 e. The van der Waals surface area contributed by atoms with Gasteiger partial charge in [0.25, 0.3) is 0 Å². The van der Waals surface area contributed by atoms with E-state index in [0.29, 0.717) is 12.0 Å². The van der Waals surface area contributed by atoms with Gasteiger partial charge >= 0.3 is 0 Å². The zero-order chi connectivity index (χ0) is 24.9. The molecule has 1 unspecified atom stereocenters. The van der Waals surface area contributed by atoms with Gasteiger partial charge in [-0.2, -0.15) is 5.26 Å². The number of hydrogen-bond donors (Lipinski definition) is 0. The van der Waals surface area contributed by atoms with Gasteiger partial charge in [0.05, 0.1) is 23.3 Å². The van der Waals surface area contributed by atoms with Gasteiger partial charge in [0, 0.05) is 18.8 Å². The standard InChI is InChI=1S/C32H40N4/c1-3-5-6-8-11-24-18-28(31-23(4-2)16-17-34-32(31)29(24)20-33)25-14-15-26-21-36(22-35-30(26)19-25)27-12-9-7-10-13-27/h14-15,17-19,22-23,27H,3-13,16,21H2,1-2H3. The first-order chi connectivity index (χ1) is 17.7. The molecule has 2 aliphatic heterocycles. The maximum absolute atomic E-state index is 10.1. The van der Waals surface area contributed by atoms with Crippen LogP contribution in [0.5, 0.6) is 0 Å². The minimum absolute atomic E-state index is 0.398. The van der Waals surface area contributed by atoms with Crippen molar-refractivity contribution in [3.63, 3.8) is 0 Å². The highest BCUT2D eigenvalue weighted by Gasteiger charge is 2.27. The zero-order valence-electron chi connectivity index (χ0n) is 22.1. The fourth-order valence-electron chi connectivity index (χ4n) is 6.34. The van der Waals surface area contributed by atoms with Crippen LogP contribution in [0.25, 0.3) is 11.1 Å². The SMILES string of the molecule is CCCCCCc1cc(-c2ccc3c(c2)N=CN(C2CCCCC2)C3)c2c(c1C#N)N=CCC2CC. The summed E-state index contributed by atoms with van der Waals surface area (Å²) in [5.74, 6) is 0.398.